The van der Waals surface area contributed by atoms with Crippen molar-refractivity contribution in [3.8, 4) is 27.0 Å². The fourth-order valence-electron chi connectivity index (χ4n) is 2.30. The number of anilines is 1. The van der Waals surface area contributed by atoms with Gasteiger partial charge < -0.3 is 10.4 Å². The van der Waals surface area contributed by atoms with E-state index in [9.17, 15) is 9.90 Å². The predicted molar refractivity (Wildman–Crippen MR) is 110 cm³/mol. The van der Waals surface area contributed by atoms with E-state index in [4.69, 9.17) is 0 Å². The van der Waals surface area contributed by atoms with Crippen LogP contribution in [0.25, 0.3) is 21.3 Å². The van der Waals surface area contributed by atoms with Gasteiger partial charge in [0, 0.05) is 20.8 Å². The Morgan fingerprint density at radius 3 is 2.63 bits per heavy atom. The van der Waals surface area contributed by atoms with E-state index in [0.29, 0.717) is 22.8 Å². The average molecular weight is 459 g/mol. The van der Waals surface area contributed by atoms with Crippen LogP contribution in [0.3, 0.4) is 0 Å². The Hall–Kier alpha value is -2.62. The summed E-state index contributed by atoms with van der Waals surface area (Å²) in [6.07, 6.45) is 3.04. The first-order valence-electron chi connectivity index (χ1n) is 7.71. The molecule has 1 amide bonds. The molecule has 134 valence electrons. The second kappa shape index (κ2) is 7.55. The second-order valence-electron chi connectivity index (χ2n) is 5.47. The lowest BCUT2D eigenvalue weighted by atomic mass is 10.2. The minimum atomic E-state index is -0.318. The summed E-state index contributed by atoms with van der Waals surface area (Å²) in [4.78, 5) is 26.3. The number of hydrogen-bond donors (Lipinski definition) is 2. The molecule has 4 aromatic rings. The van der Waals surface area contributed by atoms with Crippen LogP contribution in [0.4, 0.5) is 5.69 Å². The van der Waals surface area contributed by atoms with Gasteiger partial charge in [0.25, 0.3) is 5.91 Å². The zero-order chi connectivity index (χ0) is 18.8. The zero-order valence-corrected chi connectivity index (χ0v) is 16.8. The van der Waals surface area contributed by atoms with Crippen molar-refractivity contribution in [2.45, 2.75) is 0 Å². The fourth-order valence-corrected chi connectivity index (χ4v) is 4.61. The lowest BCUT2D eigenvalue weighted by Crippen LogP contribution is -2.12. The molecule has 0 aliphatic heterocycles. The van der Waals surface area contributed by atoms with Gasteiger partial charge >= 0.3 is 0 Å². The molecule has 3 heterocycles. The molecule has 0 spiro atoms. The Labute approximate surface area is 170 Å². The molecule has 1 aromatic carbocycles. The molecule has 0 atom stereocenters. The Balaban J connectivity index is 1.47. The molecule has 0 saturated carbocycles. The van der Waals surface area contributed by atoms with E-state index < -0.39 is 0 Å². The number of aromatic hydroxyl groups is 1. The number of carbonyl (C=O) groups is 1. The molecule has 6 nitrogen and oxygen atoms in total. The van der Waals surface area contributed by atoms with E-state index in [1.165, 1.54) is 23.7 Å². The third-order valence-corrected chi connectivity index (χ3v) is 6.23. The van der Waals surface area contributed by atoms with E-state index in [0.717, 1.165) is 14.4 Å². The van der Waals surface area contributed by atoms with Gasteiger partial charge in [-0.3, -0.25) is 4.79 Å². The Kier molecular flexibility index (Phi) is 4.97. The van der Waals surface area contributed by atoms with Crippen LogP contribution in [0.15, 0.2) is 58.0 Å². The number of rotatable bonds is 4. The van der Waals surface area contributed by atoms with Gasteiger partial charge in [-0.1, -0.05) is 12.1 Å². The highest BCUT2D eigenvalue weighted by Gasteiger charge is 2.14. The van der Waals surface area contributed by atoms with Crippen LogP contribution in [0, 0.1) is 0 Å². The minimum absolute atomic E-state index is 0.144. The van der Waals surface area contributed by atoms with Crippen molar-refractivity contribution >= 4 is 50.2 Å². The number of amides is 1. The standard InChI is InChI=1S/C18H11BrN4O2S2/c19-11-5-15(26-8-11)18-23-14(9-27-18)17(25)22-12-6-20-16(21-7-12)10-2-1-3-13(24)4-10/h1-9,24H,(H,22,25). The number of nitrogens with one attached hydrogen (secondary N) is 1. The van der Waals surface area contributed by atoms with Crippen LogP contribution in [-0.2, 0) is 0 Å². The molecule has 0 saturated heterocycles. The average Bonchev–Trinajstić information content (AvgIpc) is 3.31. The number of benzene rings is 1. The predicted octanol–water partition coefficient (Wildman–Crippen LogP) is 5.05. The van der Waals surface area contributed by atoms with Gasteiger partial charge in [-0.25, -0.2) is 15.0 Å². The maximum Gasteiger partial charge on any atom is 0.275 e. The number of halogens is 1. The van der Waals surface area contributed by atoms with Crippen LogP contribution in [0.1, 0.15) is 10.5 Å². The number of thiazole rings is 1. The van der Waals surface area contributed by atoms with E-state index in [1.807, 2.05) is 11.4 Å². The largest absolute Gasteiger partial charge is 0.508 e. The number of nitrogens with zero attached hydrogens (tertiary/aromatic N) is 3. The number of hydrogen-bond acceptors (Lipinski definition) is 7. The molecular formula is C18H11BrN4O2S2. The normalized spacial score (nSPS) is 10.7. The molecule has 4 rings (SSSR count). The van der Waals surface area contributed by atoms with E-state index >= 15 is 0 Å². The molecule has 0 aliphatic rings. The quantitative estimate of drug-likeness (QED) is 0.446. The monoisotopic (exact) mass is 458 g/mol. The smallest absolute Gasteiger partial charge is 0.275 e. The van der Waals surface area contributed by atoms with E-state index in [2.05, 4.69) is 36.2 Å². The van der Waals surface area contributed by atoms with Crippen molar-refractivity contribution in [2.75, 3.05) is 5.32 Å². The Bertz CT molecular complexity index is 1110. The maximum atomic E-state index is 12.4. The third kappa shape index (κ3) is 4.05. The number of aromatic nitrogens is 3. The molecule has 3 aromatic heterocycles. The fraction of sp³-hybridized carbons (Fsp3) is 0. The molecule has 0 aliphatic carbocycles. The summed E-state index contributed by atoms with van der Waals surface area (Å²) in [5.74, 6) is 0.288. The summed E-state index contributed by atoms with van der Waals surface area (Å²) >= 11 is 6.40. The minimum Gasteiger partial charge on any atom is -0.508 e. The first kappa shape index (κ1) is 17.8. The first-order valence-corrected chi connectivity index (χ1v) is 10.3. The van der Waals surface area contributed by atoms with Crippen molar-refractivity contribution in [1.29, 1.82) is 0 Å². The van der Waals surface area contributed by atoms with Crippen molar-refractivity contribution in [3.63, 3.8) is 0 Å². The summed E-state index contributed by atoms with van der Waals surface area (Å²) < 4.78 is 0.993. The van der Waals surface area contributed by atoms with Crippen LogP contribution >= 0.6 is 38.6 Å². The molecule has 2 N–H and O–H groups in total. The second-order valence-corrected chi connectivity index (χ2v) is 8.15. The van der Waals surface area contributed by atoms with Gasteiger partial charge in [0.2, 0.25) is 0 Å². The summed E-state index contributed by atoms with van der Waals surface area (Å²) in [5.41, 5.74) is 1.51. The van der Waals surface area contributed by atoms with Crippen LogP contribution in [0.2, 0.25) is 0 Å². The van der Waals surface area contributed by atoms with Crippen molar-refractivity contribution in [2.24, 2.45) is 0 Å². The Morgan fingerprint density at radius 1 is 1.11 bits per heavy atom. The van der Waals surface area contributed by atoms with Crippen LogP contribution in [-0.4, -0.2) is 26.0 Å². The van der Waals surface area contributed by atoms with Gasteiger partial charge in [0.15, 0.2) is 5.82 Å². The zero-order valence-electron chi connectivity index (χ0n) is 13.6. The summed E-state index contributed by atoms with van der Waals surface area (Å²) in [5, 5.41) is 16.8. The number of thiophene rings is 1. The van der Waals surface area contributed by atoms with E-state index in [1.54, 1.807) is 41.0 Å². The molecular weight excluding hydrogens is 448 g/mol. The van der Waals surface area contributed by atoms with Gasteiger partial charge in [0.1, 0.15) is 16.5 Å². The maximum absolute atomic E-state index is 12.4. The SMILES string of the molecule is O=C(Nc1cnc(-c2cccc(O)c2)nc1)c1csc(-c2cc(Br)cs2)n1. The van der Waals surface area contributed by atoms with Crippen molar-refractivity contribution < 1.29 is 9.90 Å². The molecule has 0 fully saturated rings. The number of carbonyl (C=O) groups excluding carboxylic acids is 1. The summed E-state index contributed by atoms with van der Waals surface area (Å²) in [6, 6.07) is 8.64. The highest BCUT2D eigenvalue weighted by atomic mass is 79.9. The highest BCUT2D eigenvalue weighted by molar-refractivity contribution is 9.10. The van der Waals surface area contributed by atoms with Crippen molar-refractivity contribution in [1.82, 2.24) is 15.0 Å². The summed E-state index contributed by atoms with van der Waals surface area (Å²) in [7, 11) is 0. The molecule has 0 bridgehead atoms. The van der Waals surface area contributed by atoms with Crippen LogP contribution < -0.4 is 5.32 Å². The summed E-state index contributed by atoms with van der Waals surface area (Å²) in [6.45, 7) is 0. The Morgan fingerprint density at radius 2 is 1.93 bits per heavy atom. The van der Waals surface area contributed by atoms with Gasteiger partial charge in [-0.05, 0) is 34.1 Å². The van der Waals surface area contributed by atoms with Crippen LogP contribution in [0.5, 0.6) is 5.75 Å². The molecule has 0 unspecified atom stereocenters. The van der Waals surface area contributed by atoms with Gasteiger partial charge in [0.05, 0.1) is 23.0 Å². The van der Waals surface area contributed by atoms with Crippen molar-refractivity contribution in [3.05, 3.63) is 63.7 Å². The number of phenolic OH excluding ortho intramolecular Hbond substituents is 1. The van der Waals surface area contributed by atoms with Gasteiger partial charge in [-0.15, -0.1) is 22.7 Å². The molecule has 0 radical (unpaired) electrons. The lowest BCUT2D eigenvalue weighted by Gasteiger charge is -2.04. The molecule has 27 heavy (non-hydrogen) atoms. The number of phenols is 1. The topological polar surface area (TPSA) is 88.0 Å². The van der Waals surface area contributed by atoms with E-state index in [-0.39, 0.29) is 11.7 Å². The van der Waals surface area contributed by atoms with Gasteiger partial charge in [-0.2, -0.15) is 0 Å². The highest BCUT2D eigenvalue weighted by Crippen LogP contribution is 2.32. The third-order valence-electron chi connectivity index (χ3n) is 3.53. The molecule has 9 heteroatoms. The first-order chi connectivity index (χ1) is 13.1. The lowest BCUT2D eigenvalue weighted by molar-refractivity contribution is 0.102.